The number of pyridine rings is 1. The van der Waals surface area contributed by atoms with E-state index in [0.717, 1.165) is 12.8 Å². The van der Waals surface area contributed by atoms with Gasteiger partial charge in [0.1, 0.15) is 17.9 Å². The molecule has 1 aliphatic carbocycles. The summed E-state index contributed by atoms with van der Waals surface area (Å²) in [5, 5.41) is 16.4. The molecule has 2 rings (SSSR count). The van der Waals surface area contributed by atoms with Crippen molar-refractivity contribution in [1.82, 2.24) is 10.3 Å². The predicted molar refractivity (Wildman–Crippen MR) is 65.1 cm³/mol. The van der Waals surface area contributed by atoms with Gasteiger partial charge < -0.3 is 20.7 Å². The molecule has 7 heteroatoms. The van der Waals surface area contributed by atoms with Gasteiger partial charge in [0.05, 0.1) is 0 Å². The molecule has 0 radical (unpaired) electrons. The molecule has 0 spiro atoms. The molecule has 1 aromatic heterocycles. The summed E-state index contributed by atoms with van der Waals surface area (Å²) < 4.78 is 0. The van der Waals surface area contributed by atoms with Crippen molar-refractivity contribution in [2.75, 3.05) is 5.32 Å². The van der Waals surface area contributed by atoms with Crippen LogP contribution in [-0.4, -0.2) is 27.9 Å². The van der Waals surface area contributed by atoms with Crippen LogP contribution in [0.25, 0.3) is 0 Å². The predicted octanol–water partition coefficient (Wildman–Crippen LogP) is 1.07. The smallest absolute Gasteiger partial charge is 0.367 e. The van der Waals surface area contributed by atoms with Gasteiger partial charge in [-0.2, -0.15) is 0 Å². The van der Waals surface area contributed by atoms with Crippen LogP contribution in [0.2, 0.25) is 0 Å². The molecule has 1 aliphatic rings. The average molecular weight is 250 g/mol. The minimum atomic E-state index is -0.576. The molecule has 18 heavy (non-hydrogen) atoms. The Morgan fingerprint density at radius 1 is 1.61 bits per heavy atom. The van der Waals surface area contributed by atoms with Crippen molar-refractivity contribution >= 4 is 17.4 Å². The average Bonchev–Trinajstić information content (AvgIpc) is 3.13. The van der Waals surface area contributed by atoms with Crippen molar-refractivity contribution in [3.63, 3.8) is 0 Å². The second kappa shape index (κ2) is 4.99. The van der Waals surface area contributed by atoms with Gasteiger partial charge in [-0.05, 0) is 41.8 Å². The molecule has 1 amide bonds. The van der Waals surface area contributed by atoms with Gasteiger partial charge in [-0.1, -0.05) is 0 Å². The summed E-state index contributed by atoms with van der Waals surface area (Å²) in [6.07, 6.45) is 3.36. The topological polar surface area (TPSA) is 97.2 Å². The number of hydrogen-bond donors (Lipinski definition) is 2. The molecule has 1 heterocycles. The Morgan fingerprint density at radius 2 is 2.33 bits per heavy atom. The van der Waals surface area contributed by atoms with Crippen LogP contribution in [0, 0.1) is 10.1 Å². The molecular formula is C11H14N4O3. The molecular weight excluding hydrogens is 236 g/mol. The van der Waals surface area contributed by atoms with Crippen LogP contribution in [0.4, 0.5) is 11.5 Å². The lowest BCUT2D eigenvalue weighted by atomic mass is 10.2. The maximum absolute atomic E-state index is 11.7. The van der Waals surface area contributed by atoms with Crippen LogP contribution in [0.3, 0.4) is 0 Å². The standard InChI is InChI=1S/C11H14N4O3/c1-7(11(16)14-8-4-5-8)13-9-3-2-6-12-10(9)15(17)18/h2-3,6-8,13H,4-5H2,1H3,(H,14,16). The number of carbonyl (C=O) groups excluding carboxylic acids is 1. The van der Waals surface area contributed by atoms with E-state index in [4.69, 9.17) is 0 Å². The number of nitrogens with zero attached hydrogens (tertiary/aromatic N) is 2. The Kier molecular flexibility index (Phi) is 3.40. The van der Waals surface area contributed by atoms with Crippen LogP contribution in [0.5, 0.6) is 0 Å². The third-order valence-corrected chi connectivity index (χ3v) is 2.65. The van der Waals surface area contributed by atoms with Crippen LogP contribution in [0.1, 0.15) is 19.8 Å². The summed E-state index contributed by atoms with van der Waals surface area (Å²) in [7, 11) is 0. The highest BCUT2D eigenvalue weighted by molar-refractivity contribution is 5.85. The Hall–Kier alpha value is -2.18. The zero-order chi connectivity index (χ0) is 13.1. The molecule has 0 aromatic carbocycles. The van der Waals surface area contributed by atoms with Gasteiger partial charge in [-0.15, -0.1) is 0 Å². The Balaban J connectivity index is 2.03. The fraction of sp³-hybridized carbons (Fsp3) is 0.455. The van der Waals surface area contributed by atoms with E-state index in [1.54, 1.807) is 13.0 Å². The number of anilines is 1. The number of amides is 1. The van der Waals surface area contributed by atoms with Gasteiger partial charge in [0, 0.05) is 6.04 Å². The summed E-state index contributed by atoms with van der Waals surface area (Å²) >= 11 is 0. The molecule has 1 atom stereocenters. The molecule has 1 unspecified atom stereocenters. The van der Waals surface area contributed by atoms with Crippen LogP contribution in [-0.2, 0) is 4.79 Å². The van der Waals surface area contributed by atoms with Crippen LogP contribution < -0.4 is 10.6 Å². The summed E-state index contributed by atoms with van der Waals surface area (Å²) in [5.74, 6) is -0.431. The molecule has 1 fully saturated rings. The fourth-order valence-electron chi connectivity index (χ4n) is 1.51. The molecule has 1 saturated carbocycles. The molecule has 96 valence electrons. The van der Waals surface area contributed by atoms with Gasteiger partial charge in [0.15, 0.2) is 0 Å². The number of aromatic nitrogens is 1. The van der Waals surface area contributed by atoms with E-state index in [1.807, 2.05) is 0 Å². The maximum Gasteiger partial charge on any atom is 0.386 e. The summed E-state index contributed by atoms with van der Waals surface area (Å²) in [4.78, 5) is 25.6. The van der Waals surface area contributed by atoms with Crippen LogP contribution in [0.15, 0.2) is 18.3 Å². The minimum absolute atomic E-state index is 0.157. The van der Waals surface area contributed by atoms with Gasteiger partial charge in [-0.25, -0.2) is 0 Å². The van der Waals surface area contributed by atoms with Crippen LogP contribution >= 0.6 is 0 Å². The first-order valence-corrected chi connectivity index (χ1v) is 5.74. The van der Waals surface area contributed by atoms with Crippen molar-refractivity contribution in [2.45, 2.75) is 31.8 Å². The van der Waals surface area contributed by atoms with Gasteiger partial charge >= 0.3 is 5.82 Å². The number of nitrogens with one attached hydrogen (secondary N) is 2. The first-order valence-electron chi connectivity index (χ1n) is 5.74. The minimum Gasteiger partial charge on any atom is -0.367 e. The highest BCUT2D eigenvalue weighted by Crippen LogP contribution is 2.22. The maximum atomic E-state index is 11.7. The summed E-state index contributed by atoms with van der Waals surface area (Å²) in [5.41, 5.74) is 0.251. The fourth-order valence-corrected chi connectivity index (χ4v) is 1.51. The zero-order valence-corrected chi connectivity index (χ0v) is 9.92. The second-order valence-electron chi connectivity index (χ2n) is 4.28. The molecule has 0 aliphatic heterocycles. The largest absolute Gasteiger partial charge is 0.386 e. The lowest BCUT2D eigenvalue weighted by molar-refractivity contribution is -0.388. The van der Waals surface area contributed by atoms with E-state index in [9.17, 15) is 14.9 Å². The molecule has 2 N–H and O–H groups in total. The highest BCUT2D eigenvalue weighted by atomic mass is 16.6. The number of carbonyl (C=O) groups is 1. The first kappa shape index (κ1) is 12.3. The van der Waals surface area contributed by atoms with E-state index in [2.05, 4.69) is 15.6 Å². The molecule has 0 saturated heterocycles. The third-order valence-electron chi connectivity index (χ3n) is 2.65. The second-order valence-corrected chi connectivity index (χ2v) is 4.28. The summed E-state index contributed by atoms with van der Waals surface area (Å²) in [6.45, 7) is 1.66. The SMILES string of the molecule is CC(Nc1cccnc1[N+](=O)[O-])C(=O)NC1CC1. The number of hydrogen-bond acceptors (Lipinski definition) is 5. The molecule has 1 aromatic rings. The molecule has 7 nitrogen and oxygen atoms in total. The van der Waals surface area contributed by atoms with E-state index in [1.165, 1.54) is 12.3 Å². The lowest BCUT2D eigenvalue weighted by Crippen LogP contribution is -2.38. The highest BCUT2D eigenvalue weighted by Gasteiger charge is 2.26. The number of rotatable bonds is 5. The van der Waals surface area contributed by atoms with Gasteiger partial charge in [0.2, 0.25) is 5.91 Å². The first-order chi connectivity index (χ1) is 8.58. The van der Waals surface area contributed by atoms with E-state index < -0.39 is 11.0 Å². The monoisotopic (exact) mass is 250 g/mol. The Labute approximate surface area is 104 Å². The third kappa shape index (κ3) is 2.93. The molecule has 0 bridgehead atoms. The normalized spacial score (nSPS) is 15.8. The zero-order valence-electron chi connectivity index (χ0n) is 9.92. The van der Waals surface area contributed by atoms with Gasteiger partial charge in [0.25, 0.3) is 0 Å². The van der Waals surface area contributed by atoms with Crippen molar-refractivity contribution in [1.29, 1.82) is 0 Å². The van der Waals surface area contributed by atoms with E-state index >= 15 is 0 Å². The van der Waals surface area contributed by atoms with Gasteiger partial charge in [-0.3, -0.25) is 4.79 Å². The van der Waals surface area contributed by atoms with E-state index in [-0.39, 0.29) is 23.5 Å². The van der Waals surface area contributed by atoms with Crippen molar-refractivity contribution in [3.8, 4) is 0 Å². The quantitative estimate of drug-likeness (QED) is 0.601. The summed E-state index contributed by atoms with van der Waals surface area (Å²) in [6, 6.07) is 2.85. The van der Waals surface area contributed by atoms with Crippen molar-refractivity contribution < 1.29 is 9.72 Å². The van der Waals surface area contributed by atoms with E-state index in [0.29, 0.717) is 0 Å². The number of nitro groups is 1. The van der Waals surface area contributed by atoms with Crippen molar-refractivity contribution in [3.05, 3.63) is 28.4 Å². The lowest BCUT2D eigenvalue weighted by Gasteiger charge is -2.14. The van der Waals surface area contributed by atoms with Crippen molar-refractivity contribution in [2.24, 2.45) is 0 Å². The Morgan fingerprint density at radius 3 is 2.94 bits per heavy atom. The Bertz CT molecular complexity index is 473.